The Morgan fingerprint density at radius 2 is 1.70 bits per heavy atom. The van der Waals surface area contributed by atoms with Gasteiger partial charge in [-0.15, -0.1) is 0 Å². The number of imide groups is 1. The molecule has 0 saturated heterocycles. The lowest BCUT2D eigenvalue weighted by Gasteiger charge is -2.13. The van der Waals surface area contributed by atoms with Crippen LogP contribution in [0.25, 0.3) is 10.8 Å². The van der Waals surface area contributed by atoms with Gasteiger partial charge in [0.25, 0.3) is 11.8 Å². The normalized spacial score (nSPS) is 12.9. The van der Waals surface area contributed by atoms with Crippen LogP contribution in [0.2, 0.25) is 0 Å². The second-order valence-corrected chi connectivity index (χ2v) is 7.94. The molecule has 0 aromatic heterocycles. The Kier molecular flexibility index (Phi) is 5.55. The third-order valence-corrected chi connectivity index (χ3v) is 5.59. The third-order valence-electron chi connectivity index (χ3n) is 5.10. The van der Waals surface area contributed by atoms with Gasteiger partial charge >= 0.3 is 0 Å². The van der Waals surface area contributed by atoms with E-state index in [0.29, 0.717) is 17.7 Å². The first-order valence-electron chi connectivity index (χ1n) is 9.45. The Hall–Kier alpha value is -3.19. The molecule has 0 aliphatic carbocycles. The van der Waals surface area contributed by atoms with Gasteiger partial charge < -0.3 is 10.1 Å². The molecular formula is C23H19BrN2O4. The van der Waals surface area contributed by atoms with Crippen molar-refractivity contribution in [1.29, 1.82) is 0 Å². The van der Waals surface area contributed by atoms with Crippen molar-refractivity contribution in [2.24, 2.45) is 0 Å². The summed E-state index contributed by atoms with van der Waals surface area (Å²) in [6.07, 6.45) is 0.0530. The Morgan fingerprint density at radius 1 is 0.967 bits per heavy atom. The molecule has 0 radical (unpaired) electrons. The summed E-state index contributed by atoms with van der Waals surface area (Å²) in [6, 6.07) is 16.7. The SMILES string of the molecule is COc1ccc2cc(CNC(=O)CCN3C(=O)c4ccc(Br)cc4C3=O)ccc2c1. The number of rotatable bonds is 6. The Balaban J connectivity index is 1.34. The molecular weight excluding hydrogens is 448 g/mol. The molecule has 0 fully saturated rings. The maximum absolute atomic E-state index is 12.5. The summed E-state index contributed by atoms with van der Waals surface area (Å²) in [5, 5.41) is 4.96. The summed E-state index contributed by atoms with van der Waals surface area (Å²) < 4.78 is 5.96. The Bertz CT molecular complexity index is 1180. The van der Waals surface area contributed by atoms with Crippen LogP contribution in [0.1, 0.15) is 32.7 Å². The quantitative estimate of drug-likeness (QED) is 0.558. The van der Waals surface area contributed by atoms with E-state index in [1.54, 1.807) is 25.3 Å². The fourth-order valence-corrected chi connectivity index (χ4v) is 3.84. The van der Waals surface area contributed by atoms with E-state index in [1.807, 2.05) is 36.4 Å². The molecule has 0 atom stereocenters. The smallest absolute Gasteiger partial charge is 0.261 e. The summed E-state index contributed by atoms with van der Waals surface area (Å²) in [6.45, 7) is 0.420. The average Bonchev–Trinajstić information content (AvgIpc) is 2.99. The van der Waals surface area contributed by atoms with Gasteiger partial charge in [-0.25, -0.2) is 0 Å². The molecule has 0 bridgehead atoms. The van der Waals surface area contributed by atoms with Crippen LogP contribution < -0.4 is 10.1 Å². The van der Waals surface area contributed by atoms with Crippen LogP contribution >= 0.6 is 15.9 Å². The van der Waals surface area contributed by atoms with Gasteiger partial charge in [0.05, 0.1) is 18.2 Å². The minimum Gasteiger partial charge on any atom is -0.497 e. The zero-order chi connectivity index (χ0) is 21.3. The van der Waals surface area contributed by atoms with E-state index in [2.05, 4.69) is 21.2 Å². The lowest BCUT2D eigenvalue weighted by atomic mass is 10.1. The number of methoxy groups -OCH3 is 1. The largest absolute Gasteiger partial charge is 0.497 e. The number of fused-ring (bicyclic) bond motifs is 2. The molecule has 3 amide bonds. The van der Waals surface area contributed by atoms with E-state index >= 15 is 0 Å². The van der Waals surface area contributed by atoms with Gasteiger partial charge in [0, 0.05) is 24.0 Å². The lowest BCUT2D eigenvalue weighted by molar-refractivity contribution is -0.121. The number of amides is 3. The second kappa shape index (κ2) is 8.28. The molecule has 3 aromatic carbocycles. The number of ether oxygens (including phenoxy) is 1. The van der Waals surface area contributed by atoms with Crippen LogP contribution in [-0.2, 0) is 11.3 Å². The van der Waals surface area contributed by atoms with Gasteiger partial charge in [-0.2, -0.15) is 0 Å². The van der Waals surface area contributed by atoms with Crippen molar-refractivity contribution in [1.82, 2.24) is 10.2 Å². The van der Waals surface area contributed by atoms with Gasteiger partial charge in [0.2, 0.25) is 5.91 Å². The molecule has 152 valence electrons. The molecule has 4 rings (SSSR count). The monoisotopic (exact) mass is 466 g/mol. The fourth-order valence-electron chi connectivity index (χ4n) is 3.48. The second-order valence-electron chi connectivity index (χ2n) is 7.03. The highest BCUT2D eigenvalue weighted by Gasteiger charge is 2.35. The number of nitrogens with one attached hydrogen (secondary N) is 1. The van der Waals surface area contributed by atoms with Crippen LogP contribution in [0, 0.1) is 0 Å². The summed E-state index contributed by atoms with van der Waals surface area (Å²) in [7, 11) is 1.63. The Morgan fingerprint density at radius 3 is 2.50 bits per heavy atom. The number of benzene rings is 3. The zero-order valence-electron chi connectivity index (χ0n) is 16.3. The van der Waals surface area contributed by atoms with Crippen molar-refractivity contribution in [3.05, 3.63) is 75.8 Å². The van der Waals surface area contributed by atoms with E-state index < -0.39 is 0 Å². The lowest BCUT2D eigenvalue weighted by Crippen LogP contribution is -2.34. The van der Waals surface area contributed by atoms with Crippen LogP contribution in [0.4, 0.5) is 0 Å². The van der Waals surface area contributed by atoms with Crippen molar-refractivity contribution < 1.29 is 19.1 Å². The maximum atomic E-state index is 12.5. The van der Waals surface area contributed by atoms with E-state index in [1.165, 1.54) is 0 Å². The molecule has 6 nitrogen and oxygen atoms in total. The minimum absolute atomic E-state index is 0.0489. The van der Waals surface area contributed by atoms with Gasteiger partial charge in [0.1, 0.15) is 5.75 Å². The standard InChI is InChI=1S/C23H19BrN2O4/c1-30-18-6-4-15-10-14(2-3-16(15)11-18)13-25-21(27)8-9-26-22(28)19-7-5-17(24)12-20(19)23(26)29/h2-7,10-12H,8-9,13H2,1H3,(H,25,27). The molecule has 30 heavy (non-hydrogen) atoms. The number of carbonyl (C=O) groups excluding carboxylic acids is 3. The topological polar surface area (TPSA) is 75.7 Å². The van der Waals surface area contributed by atoms with E-state index in [-0.39, 0.29) is 30.7 Å². The van der Waals surface area contributed by atoms with Gasteiger partial charge in [-0.05, 0) is 52.7 Å². The molecule has 0 spiro atoms. The van der Waals surface area contributed by atoms with Crippen molar-refractivity contribution in [3.63, 3.8) is 0 Å². The predicted molar refractivity (Wildman–Crippen MR) is 116 cm³/mol. The van der Waals surface area contributed by atoms with Crippen molar-refractivity contribution >= 4 is 44.4 Å². The van der Waals surface area contributed by atoms with Crippen molar-refractivity contribution in [2.45, 2.75) is 13.0 Å². The third kappa shape index (κ3) is 3.93. The highest BCUT2D eigenvalue weighted by atomic mass is 79.9. The molecule has 7 heteroatoms. The summed E-state index contributed by atoms with van der Waals surface area (Å²) in [5.74, 6) is -0.152. The molecule has 0 saturated carbocycles. The van der Waals surface area contributed by atoms with Crippen LogP contribution in [-0.4, -0.2) is 36.3 Å². The predicted octanol–water partition coefficient (Wildman–Crippen LogP) is 3.91. The highest BCUT2D eigenvalue weighted by molar-refractivity contribution is 9.10. The number of carbonyl (C=O) groups is 3. The first-order chi connectivity index (χ1) is 14.5. The van der Waals surface area contributed by atoms with Crippen LogP contribution in [0.15, 0.2) is 59.1 Å². The Labute approximate surface area is 181 Å². The summed E-state index contributed by atoms with van der Waals surface area (Å²) in [5.41, 5.74) is 1.70. The maximum Gasteiger partial charge on any atom is 0.261 e. The first-order valence-corrected chi connectivity index (χ1v) is 10.2. The number of halogens is 1. The molecule has 1 aliphatic rings. The van der Waals surface area contributed by atoms with E-state index in [0.717, 1.165) is 31.5 Å². The number of hydrogen-bond acceptors (Lipinski definition) is 4. The summed E-state index contributed by atoms with van der Waals surface area (Å²) >= 11 is 3.31. The first kappa shape index (κ1) is 20.1. The molecule has 3 aromatic rings. The average molecular weight is 467 g/mol. The van der Waals surface area contributed by atoms with Gasteiger partial charge in [0.15, 0.2) is 0 Å². The number of nitrogens with zero attached hydrogens (tertiary/aromatic N) is 1. The van der Waals surface area contributed by atoms with Crippen LogP contribution in [0.3, 0.4) is 0 Å². The van der Waals surface area contributed by atoms with Gasteiger partial charge in [-0.1, -0.05) is 34.1 Å². The number of hydrogen-bond donors (Lipinski definition) is 1. The molecule has 1 N–H and O–H groups in total. The summed E-state index contributed by atoms with van der Waals surface area (Å²) in [4.78, 5) is 38.3. The highest BCUT2D eigenvalue weighted by Crippen LogP contribution is 2.26. The van der Waals surface area contributed by atoms with Gasteiger partial charge in [-0.3, -0.25) is 19.3 Å². The van der Waals surface area contributed by atoms with Crippen LogP contribution in [0.5, 0.6) is 5.75 Å². The zero-order valence-corrected chi connectivity index (χ0v) is 17.9. The molecule has 1 heterocycles. The van der Waals surface area contributed by atoms with Crippen molar-refractivity contribution in [3.8, 4) is 5.75 Å². The molecule has 0 unspecified atom stereocenters. The van der Waals surface area contributed by atoms with E-state index in [4.69, 9.17) is 4.74 Å². The molecule has 1 aliphatic heterocycles. The van der Waals surface area contributed by atoms with E-state index in [9.17, 15) is 14.4 Å². The minimum atomic E-state index is -0.367. The fraction of sp³-hybridized carbons (Fsp3) is 0.174. The van der Waals surface area contributed by atoms with Crippen molar-refractivity contribution in [2.75, 3.05) is 13.7 Å².